The molecule has 3 atom stereocenters. The summed E-state index contributed by atoms with van der Waals surface area (Å²) in [7, 11) is 0. The topological polar surface area (TPSA) is 24.4 Å². The molecule has 52 heavy (non-hydrogen) atoms. The van der Waals surface area contributed by atoms with Crippen molar-refractivity contribution in [2.45, 2.75) is 68.9 Å². The molecule has 1 aliphatic heterocycles. The number of fused-ring (bicyclic) bond motifs is 11. The Bertz CT molecular complexity index is 2500. The van der Waals surface area contributed by atoms with Gasteiger partial charge in [0, 0.05) is 32.5 Å². The summed E-state index contributed by atoms with van der Waals surface area (Å²) in [6, 6.07) is 45.2. The summed E-state index contributed by atoms with van der Waals surface area (Å²) in [5, 5.41) is 6.27. The molecule has 5 aromatic carbocycles. The van der Waals surface area contributed by atoms with Crippen LogP contribution in [0.3, 0.4) is 0 Å². The van der Waals surface area contributed by atoms with E-state index in [0.29, 0.717) is 11.8 Å². The average Bonchev–Trinajstić information content (AvgIpc) is 3.78. The van der Waals surface area contributed by atoms with Crippen LogP contribution < -0.4 is 5.32 Å². The molecule has 1 N–H and O–H groups in total. The molecule has 1 saturated carbocycles. The van der Waals surface area contributed by atoms with Crippen LogP contribution in [0.25, 0.3) is 26.8 Å². The van der Waals surface area contributed by atoms with Crippen molar-refractivity contribution in [1.82, 2.24) is 0 Å². The van der Waals surface area contributed by atoms with E-state index >= 15 is 0 Å². The Kier molecular flexibility index (Phi) is 6.63. The summed E-state index contributed by atoms with van der Waals surface area (Å²) in [5.41, 5.74) is 16.7. The molecule has 0 bridgehead atoms. The Morgan fingerprint density at radius 3 is 2.29 bits per heavy atom. The highest BCUT2D eigenvalue weighted by Gasteiger charge is 2.52. The van der Waals surface area contributed by atoms with Crippen molar-refractivity contribution in [3.05, 3.63) is 178 Å². The summed E-state index contributed by atoms with van der Waals surface area (Å²) >= 11 is 1.83. The van der Waals surface area contributed by atoms with Gasteiger partial charge in [0.05, 0.1) is 5.71 Å². The van der Waals surface area contributed by atoms with Gasteiger partial charge in [-0.05, 0) is 86.4 Å². The van der Waals surface area contributed by atoms with Gasteiger partial charge >= 0.3 is 0 Å². The second-order valence-corrected chi connectivity index (χ2v) is 17.3. The zero-order valence-electron chi connectivity index (χ0n) is 29.8. The molecule has 11 rings (SSSR count). The van der Waals surface area contributed by atoms with E-state index in [4.69, 9.17) is 4.99 Å². The van der Waals surface area contributed by atoms with Crippen molar-refractivity contribution in [1.29, 1.82) is 0 Å². The number of rotatable bonds is 3. The van der Waals surface area contributed by atoms with Crippen molar-refractivity contribution in [3.8, 4) is 11.1 Å². The Balaban J connectivity index is 0.971. The molecule has 3 unspecified atom stereocenters. The van der Waals surface area contributed by atoms with Crippen LogP contribution in [0, 0.1) is 5.92 Å². The number of nitrogens with zero attached hydrogens (tertiary/aromatic N) is 1. The molecule has 5 aliphatic rings. The number of thiophene rings is 1. The standard InChI is InChI=1S/C49H42N2S/c1-48(2)39-17-9-7-15-34(39)37-28-38-35-24-23-33(27-41(35)49(25-11-4-12-26-49)42(38)29-40(37)48)30-19-21-32(22-20-30)46-50-45(31-13-5-3-6-14-31)44-36-16-8-10-18-43(36)52-47(44)51-46/h3,5-10,13-24,27-29,37,40,46,51H,4,11-12,25-26H2,1-2H3. The molecule has 2 heterocycles. The fourth-order valence-corrected chi connectivity index (χ4v) is 11.8. The van der Waals surface area contributed by atoms with E-state index in [-0.39, 0.29) is 17.0 Å². The highest BCUT2D eigenvalue weighted by molar-refractivity contribution is 7.23. The minimum absolute atomic E-state index is 0.127. The first kappa shape index (κ1) is 30.6. The van der Waals surface area contributed by atoms with Crippen LogP contribution in [-0.4, -0.2) is 5.71 Å². The Labute approximate surface area is 310 Å². The quantitative estimate of drug-likeness (QED) is 0.196. The Hall–Kier alpha value is -4.99. The van der Waals surface area contributed by atoms with E-state index < -0.39 is 0 Å². The van der Waals surface area contributed by atoms with E-state index in [0.717, 1.165) is 11.3 Å². The van der Waals surface area contributed by atoms with Crippen molar-refractivity contribution in [3.63, 3.8) is 0 Å². The molecular weight excluding hydrogens is 649 g/mol. The molecule has 2 nitrogen and oxygen atoms in total. The lowest BCUT2D eigenvalue weighted by molar-refractivity contribution is 0.340. The third kappa shape index (κ3) is 4.32. The summed E-state index contributed by atoms with van der Waals surface area (Å²) in [6.45, 7) is 4.95. The van der Waals surface area contributed by atoms with E-state index in [9.17, 15) is 0 Å². The Morgan fingerprint density at radius 2 is 1.44 bits per heavy atom. The monoisotopic (exact) mass is 690 g/mol. The van der Waals surface area contributed by atoms with Gasteiger partial charge < -0.3 is 5.32 Å². The largest absolute Gasteiger partial charge is 0.351 e. The molecule has 0 amide bonds. The predicted octanol–water partition coefficient (Wildman–Crippen LogP) is 12.8. The third-order valence-electron chi connectivity index (χ3n) is 13.2. The van der Waals surface area contributed by atoms with Crippen LogP contribution in [0.4, 0.5) is 5.00 Å². The summed E-state index contributed by atoms with van der Waals surface area (Å²) < 4.78 is 1.29. The van der Waals surface area contributed by atoms with Crippen LogP contribution >= 0.6 is 11.3 Å². The van der Waals surface area contributed by atoms with E-state index in [1.54, 1.807) is 11.1 Å². The second kappa shape index (κ2) is 11.3. The maximum absolute atomic E-state index is 5.38. The van der Waals surface area contributed by atoms with Gasteiger partial charge in [-0.1, -0.05) is 154 Å². The number of allylic oxidation sites excluding steroid dienone is 4. The summed E-state index contributed by atoms with van der Waals surface area (Å²) in [6.07, 6.45) is 11.8. The first-order valence-electron chi connectivity index (χ1n) is 19.2. The highest BCUT2D eigenvalue weighted by Crippen LogP contribution is 2.63. The van der Waals surface area contributed by atoms with Crippen molar-refractivity contribution >= 4 is 37.7 Å². The number of benzene rings is 5. The molecule has 1 fully saturated rings. The molecule has 0 saturated heterocycles. The minimum Gasteiger partial charge on any atom is -0.351 e. The SMILES string of the molecule is CC1(C)c2ccccc2C2C=C3C(=CC21)C1(CCCCC1)c1cc(-c2ccc(C4N=C(c5ccccc5)c5c(sc6ccccc56)N4)cc2)ccc13. The maximum atomic E-state index is 5.38. The molecule has 0 radical (unpaired) electrons. The lowest BCUT2D eigenvalue weighted by Crippen LogP contribution is -2.32. The van der Waals surface area contributed by atoms with Crippen LogP contribution in [0.15, 0.2) is 144 Å². The van der Waals surface area contributed by atoms with E-state index in [1.807, 2.05) is 11.3 Å². The minimum atomic E-state index is -0.147. The van der Waals surface area contributed by atoms with E-state index in [2.05, 4.69) is 153 Å². The lowest BCUT2D eigenvalue weighted by atomic mass is 9.64. The van der Waals surface area contributed by atoms with Gasteiger partial charge in [-0.15, -0.1) is 11.3 Å². The maximum Gasteiger partial charge on any atom is 0.146 e. The highest BCUT2D eigenvalue weighted by atomic mass is 32.1. The Morgan fingerprint density at radius 1 is 0.692 bits per heavy atom. The fraction of sp³-hybridized carbons (Fsp3) is 0.245. The van der Waals surface area contributed by atoms with E-state index in [1.165, 1.54) is 91.7 Å². The number of anilines is 1. The average molecular weight is 691 g/mol. The van der Waals surface area contributed by atoms with Crippen LogP contribution in [0.2, 0.25) is 0 Å². The normalized spacial score (nSPS) is 23.0. The molecule has 1 aromatic heterocycles. The molecule has 6 aromatic rings. The first-order valence-corrected chi connectivity index (χ1v) is 20.0. The third-order valence-corrected chi connectivity index (χ3v) is 14.3. The zero-order valence-corrected chi connectivity index (χ0v) is 30.6. The van der Waals surface area contributed by atoms with Crippen molar-refractivity contribution in [2.24, 2.45) is 10.9 Å². The van der Waals surface area contributed by atoms with Crippen LogP contribution in [-0.2, 0) is 10.8 Å². The molecule has 4 aliphatic carbocycles. The van der Waals surface area contributed by atoms with Gasteiger partial charge in [-0.2, -0.15) is 0 Å². The van der Waals surface area contributed by atoms with Crippen molar-refractivity contribution < 1.29 is 0 Å². The smallest absolute Gasteiger partial charge is 0.146 e. The number of nitrogens with one attached hydrogen (secondary N) is 1. The summed E-state index contributed by atoms with van der Waals surface area (Å²) in [5.74, 6) is 0.955. The first-order chi connectivity index (χ1) is 25.5. The lowest BCUT2D eigenvalue weighted by Gasteiger charge is -2.40. The van der Waals surface area contributed by atoms with Crippen LogP contribution in [0.5, 0.6) is 0 Å². The van der Waals surface area contributed by atoms with Gasteiger partial charge in [-0.3, -0.25) is 4.99 Å². The van der Waals surface area contributed by atoms with Crippen LogP contribution in [0.1, 0.15) is 97.0 Å². The zero-order chi connectivity index (χ0) is 34.6. The van der Waals surface area contributed by atoms with Gasteiger partial charge in [0.2, 0.25) is 0 Å². The van der Waals surface area contributed by atoms with Gasteiger partial charge in [0.15, 0.2) is 0 Å². The summed E-state index contributed by atoms with van der Waals surface area (Å²) in [4.78, 5) is 5.38. The number of aliphatic imine (C=N–C) groups is 1. The number of hydrogen-bond acceptors (Lipinski definition) is 3. The molecule has 1 spiro atoms. The number of hydrogen-bond donors (Lipinski definition) is 1. The predicted molar refractivity (Wildman–Crippen MR) is 219 cm³/mol. The molecule has 254 valence electrons. The second-order valence-electron chi connectivity index (χ2n) is 16.2. The van der Waals surface area contributed by atoms with Gasteiger partial charge in [0.1, 0.15) is 11.2 Å². The van der Waals surface area contributed by atoms with Crippen molar-refractivity contribution in [2.75, 3.05) is 5.32 Å². The van der Waals surface area contributed by atoms with Gasteiger partial charge in [0.25, 0.3) is 0 Å². The molecular formula is C49H42N2S. The fourth-order valence-electron chi connectivity index (χ4n) is 10.6. The van der Waals surface area contributed by atoms with Gasteiger partial charge in [-0.25, -0.2) is 0 Å². The molecule has 3 heteroatoms.